The Bertz CT molecular complexity index is 864. The highest BCUT2D eigenvalue weighted by molar-refractivity contribution is 6.25. The van der Waals surface area contributed by atoms with Crippen LogP contribution >= 0.6 is 0 Å². The molecule has 2 aromatic carbocycles. The molecule has 1 unspecified atom stereocenters. The molecule has 2 heterocycles. The van der Waals surface area contributed by atoms with E-state index < -0.39 is 0 Å². The second-order valence-corrected chi connectivity index (χ2v) is 7.73. The van der Waals surface area contributed by atoms with Crippen LogP contribution in [0.5, 0.6) is 0 Å². The third-order valence-electron chi connectivity index (χ3n) is 6.71. The van der Waals surface area contributed by atoms with Gasteiger partial charge in [-0.15, -0.1) is 0 Å². The van der Waals surface area contributed by atoms with E-state index in [1.54, 1.807) is 0 Å². The molecule has 142 valence electrons. The van der Waals surface area contributed by atoms with Crippen LogP contribution in [-0.2, 0) is 4.74 Å². The van der Waals surface area contributed by atoms with Crippen molar-refractivity contribution in [1.82, 2.24) is 4.90 Å². The van der Waals surface area contributed by atoms with Gasteiger partial charge in [-0.3, -0.25) is 14.5 Å². The third-order valence-corrected chi connectivity index (χ3v) is 6.71. The van der Waals surface area contributed by atoms with Gasteiger partial charge in [-0.1, -0.05) is 45.0 Å². The summed E-state index contributed by atoms with van der Waals surface area (Å²) in [4.78, 5) is 27.4. The van der Waals surface area contributed by atoms with Crippen LogP contribution < -0.4 is 0 Å². The summed E-state index contributed by atoms with van der Waals surface area (Å²) in [6, 6.07) is 11.3. The SMILES string of the molecule is CCC1(CC)OC1(CC)CCCN1C(=O)c2cccc3cccc(c23)C1=O. The number of epoxide rings is 1. The van der Waals surface area contributed by atoms with Crippen molar-refractivity contribution in [2.75, 3.05) is 6.54 Å². The molecule has 0 saturated carbocycles. The van der Waals surface area contributed by atoms with E-state index >= 15 is 0 Å². The van der Waals surface area contributed by atoms with E-state index in [1.165, 1.54) is 4.90 Å². The lowest BCUT2D eigenvalue weighted by molar-refractivity contribution is 0.0604. The molecule has 2 aliphatic rings. The van der Waals surface area contributed by atoms with Crippen LogP contribution in [0.1, 0.15) is 73.6 Å². The van der Waals surface area contributed by atoms with Gasteiger partial charge in [0.15, 0.2) is 0 Å². The van der Waals surface area contributed by atoms with Crippen LogP contribution in [-0.4, -0.2) is 34.5 Å². The quantitative estimate of drug-likeness (QED) is 0.515. The second-order valence-electron chi connectivity index (χ2n) is 7.73. The first-order valence-electron chi connectivity index (χ1n) is 10.1. The molecule has 4 nitrogen and oxygen atoms in total. The van der Waals surface area contributed by atoms with Crippen molar-refractivity contribution in [3.05, 3.63) is 47.5 Å². The van der Waals surface area contributed by atoms with E-state index in [2.05, 4.69) is 20.8 Å². The Kier molecular flexibility index (Phi) is 4.34. The van der Waals surface area contributed by atoms with E-state index in [-0.39, 0.29) is 23.0 Å². The van der Waals surface area contributed by atoms with Crippen molar-refractivity contribution >= 4 is 22.6 Å². The number of carbonyl (C=O) groups excluding carboxylic acids is 2. The number of benzene rings is 2. The molecule has 4 rings (SSSR count). The first-order chi connectivity index (χ1) is 13.0. The van der Waals surface area contributed by atoms with Gasteiger partial charge >= 0.3 is 0 Å². The Hall–Kier alpha value is -2.20. The Balaban J connectivity index is 1.53. The van der Waals surface area contributed by atoms with Gasteiger partial charge in [-0.25, -0.2) is 0 Å². The zero-order chi connectivity index (χ0) is 19.2. The number of rotatable bonds is 7. The second kappa shape index (κ2) is 6.45. The van der Waals surface area contributed by atoms with E-state index in [1.807, 2.05) is 36.4 Å². The van der Waals surface area contributed by atoms with Crippen LogP contribution in [0.15, 0.2) is 36.4 Å². The summed E-state index contributed by atoms with van der Waals surface area (Å²) in [7, 11) is 0. The van der Waals surface area contributed by atoms with Crippen LogP contribution in [0.4, 0.5) is 0 Å². The molecular weight excluding hydrogens is 338 g/mol. The molecule has 1 fully saturated rings. The van der Waals surface area contributed by atoms with Crippen LogP contribution in [0.2, 0.25) is 0 Å². The summed E-state index contributed by atoms with van der Waals surface area (Å²) >= 11 is 0. The number of hydrogen-bond donors (Lipinski definition) is 0. The van der Waals surface area contributed by atoms with Gasteiger partial charge in [0.05, 0.1) is 11.2 Å². The first-order valence-corrected chi connectivity index (χ1v) is 10.1. The van der Waals surface area contributed by atoms with Crippen LogP contribution in [0.25, 0.3) is 10.8 Å². The van der Waals surface area contributed by atoms with Gasteiger partial charge < -0.3 is 4.74 Å². The van der Waals surface area contributed by atoms with Crippen molar-refractivity contribution in [1.29, 1.82) is 0 Å². The van der Waals surface area contributed by atoms with Gasteiger partial charge in [0.1, 0.15) is 0 Å². The average molecular weight is 365 g/mol. The van der Waals surface area contributed by atoms with Crippen molar-refractivity contribution in [3.63, 3.8) is 0 Å². The molecule has 2 aliphatic heterocycles. The first kappa shape index (κ1) is 18.2. The molecule has 4 heteroatoms. The summed E-state index contributed by atoms with van der Waals surface area (Å²) in [5.41, 5.74) is 1.16. The molecule has 0 N–H and O–H groups in total. The number of ether oxygens (including phenoxy) is 1. The molecule has 0 bridgehead atoms. The lowest BCUT2D eigenvalue weighted by Gasteiger charge is -2.27. The molecule has 2 amide bonds. The Morgan fingerprint density at radius 2 is 1.41 bits per heavy atom. The standard InChI is InChI=1S/C23H27NO3/c1-4-22(5-2)23(6-3,27-22)14-9-15-24-20(25)17-12-7-10-16-11-8-13-18(19(16)17)21(24)26/h7-8,10-13H,4-6,9,14-15H2,1-3H3. The molecular formula is C23H27NO3. The van der Waals surface area contributed by atoms with E-state index in [0.29, 0.717) is 17.7 Å². The largest absolute Gasteiger partial charge is 0.363 e. The fourth-order valence-corrected chi connectivity index (χ4v) is 5.04. The number of amides is 2. The average Bonchev–Trinajstić information content (AvgIpc) is 3.37. The molecule has 0 aliphatic carbocycles. The maximum atomic E-state index is 13.0. The smallest absolute Gasteiger partial charge is 0.261 e. The molecule has 27 heavy (non-hydrogen) atoms. The highest BCUT2D eigenvalue weighted by atomic mass is 16.6. The van der Waals surface area contributed by atoms with Gasteiger partial charge in [0.25, 0.3) is 11.8 Å². The Morgan fingerprint density at radius 1 is 0.852 bits per heavy atom. The number of hydrogen-bond acceptors (Lipinski definition) is 3. The van der Waals surface area contributed by atoms with Crippen molar-refractivity contribution in [2.24, 2.45) is 0 Å². The van der Waals surface area contributed by atoms with Crippen molar-refractivity contribution in [3.8, 4) is 0 Å². The van der Waals surface area contributed by atoms with E-state index in [4.69, 9.17) is 4.74 Å². The Labute approximate surface area is 160 Å². The van der Waals surface area contributed by atoms with Crippen LogP contribution in [0, 0.1) is 0 Å². The van der Waals surface area contributed by atoms with Gasteiger partial charge in [-0.2, -0.15) is 0 Å². The van der Waals surface area contributed by atoms with E-state index in [9.17, 15) is 9.59 Å². The summed E-state index contributed by atoms with van der Waals surface area (Å²) in [6.07, 6.45) is 4.64. The van der Waals surface area contributed by atoms with Crippen molar-refractivity contribution < 1.29 is 14.3 Å². The number of nitrogens with zero attached hydrogens (tertiary/aromatic N) is 1. The lowest BCUT2D eigenvalue weighted by Crippen LogP contribution is -2.41. The highest BCUT2D eigenvalue weighted by Gasteiger charge is 2.65. The van der Waals surface area contributed by atoms with Gasteiger partial charge in [0, 0.05) is 23.1 Å². The third kappa shape index (κ3) is 2.53. The zero-order valence-electron chi connectivity index (χ0n) is 16.4. The fraction of sp³-hybridized carbons (Fsp3) is 0.478. The monoisotopic (exact) mass is 365 g/mol. The minimum Gasteiger partial charge on any atom is -0.363 e. The Morgan fingerprint density at radius 3 is 1.89 bits per heavy atom. The summed E-state index contributed by atoms with van der Waals surface area (Å²) in [6.45, 7) is 6.96. The minimum atomic E-state index is -0.177. The summed E-state index contributed by atoms with van der Waals surface area (Å²) in [5.74, 6) is -0.354. The normalized spacial score (nSPS) is 23.1. The molecule has 1 atom stereocenters. The number of imide groups is 1. The predicted molar refractivity (Wildman–Crippen MR) is 106 cm³/mol. The summed E-state index contributed by atoms with van der Waals surface area (Å²) < 4.78 is 6.20. The maximum Gasteiger partial charge on any atom is 0.261 e. The molecule has 0 radical (unpaired) electrons. The van der Waals surface area contributed by atoms with Gasteiger partial charge in [-0.05, 0) is 49.6 Å². The zero-order valence-corrected chi connectivity index (χ0v) is 16.4. The minimum absolute atomic E-state index is 0.0180. The van der Waals surface area contributed by atoms with Crippen molar-refractivity contribution in [2.45, 2.75) is 64.1 Å². The molecule has 1 saturated heterocycles. The van der Waals surface area contributed by atoms with Crippen LogP contribution in [0.3, 0.4) is 0 Å². The predicted octanol–water partition coefficient (Wildman–Crippen LogP) is 4.95. The molecule has 0 spiro atoms. The topological polar surface area (TPSA) is 49.9 Å². The fourth-order valence-electron chi connectivity index (χ4n) is 5.04. The maximum absolute atomic E-state index is 13.0. The summed E-state index contributed by atoms with van der Waals surface area (Å²) in [5, 5.41) is 1.73. The molecule has 0 aromatic heterocycles. The lowest BCUT2D eigenvalue weighted by atomic mass is 9.83. The number of carbonyl (C=O) groups is 2. The van der Waals surface area contributed by atoms with E-state index in [0.717, 1.165) is 42.9 Å². The molecule has 2 aromatic rings. The highest BCUT2D eigenvalue weighted by Crippen LogP contribution is 2.57. The van der Waals surface area contributed by atoms with Gasteiger partial charge in [0.2, 0.25) is 0 Å².